The van der Waals surface area contributed by atoms with E-state index in [2.05, 4.69) is 22.0 Å². The van der Waals surface area contributed by atoms with E-state index in [1.807, 2.05) is 35.4 Å². The molecule has 1 fully saturated rings. The predicted molar refractivity (Wildman–Crippen MR) is 144 cm³/mol. The van der Waals surface area contributed by atoms with Crippen molar-refractivity contribution in [3.63, 3.8) is 0 Å². The molecule has 1 amide bonds. The van der Waals surface area contributed by atoms with Gasteiger partial charge in [-0.1, -0.05) is 59.6 Å². The van der Waals surface area contributed by atoms with Gasteiger partial charge in [0.05, 0.1) is 16.6 Å². The molecule has 1 heterocycles. The highest BCUT2D eigenvalue weighted by Crippen LogP contribution is 2.29. The number of fused-ring (bicyclic) bond motifs is 1. The molecule has 0 atom stereocenters. The lowest BCUT2D eigenvalue weighted by Gasteiger charge is -2.28. The molecule has 186 valence electrons. The molecule has 1 N–H and O–H groups in total. The van der Waals surface area contributed by atoms with Crippen molar-refractivity contribution in [1.82, 2.24) is 14.8 Å². The number of para-hydroxylation sites is 1. The van der Waals surface area contributed by atoms with Gasteiger partial charge >= 0.3 is 0 Å². The van der Waals surface area contributed by atoms with Crippen LogP contribution >= 0.6 is 23.2 Å². The van der Waals surface area contributed by atoms with Crippen molar-refractivity contribution in [2.45, 2.75) is 38.4 Å². The lowest BCUT2D eigenvalue weighted by molar-refractivity contribution is -0.133. The Bertz CT molecular complexity index is 1350. The molecule has 4 nitrogen and oxygen atoms in total. The molecule has 0 radical (unpaired) electrons. The lowest BCUT2D eigenvalue weighted by Crippen LogP contribution is -2.41. The minimum Gasteiger partial charge on any atom is -0.361 e. The fraction of sp³-hybridized carbons (Fsp3) is 0.276. The van der Waals surface area contributed by atoms with E-state index in [4.69, 9.17) is 23.2 Å². The van der Waals surface area contributed by atoms with E-state index in [0.29, 0.717) is 42.3 Å². The fourth-order valence-electron chi connectivity index (χ4n) is 4.60. The monoisotopic (exact) mass is 523 g/mol. The van der Waals surface area contributed by atoms with Gasteiger partial charge in [-0.2, -0.15) is 0 Å². The van der Waals surface area contributed by atoms with Crippen molar-refractivity contribution in [2.24, 2.45) is 0 Å². The third kappa shape index (κ3) is 6.09. The van der Waals surface area contributed by atoms with Gasteiger partial charge in [-0.25, -0.2) is 4.39 Å². The number of aromatic nitrogens is 1. The number of nitrogens with one attached hydrogen (secondary N) is 1. The Hall–Kier alpha value is -2.86. The Morgan fingerprint density at radius 3 is 2.44 bits per heavy atom. The molecule has 4 aromatic rings. The summed E-state index contributed by atoms with van der Waals surface area (Å²) in [7, 11) is 0. The summed E-state index contributed by atoms with van der Waals surface area (Å²) in [5.41, 5.74) is 4.22. The van der Waals surface area contributed by atoms with E-state index in [-0.39, 0.29) is 11.7 Å². The summed E-state index contributed by atoms with van der Waals surface area (Å²) in [6.45, 7) is 1.97. The molecule has 1 aliphatic carbocycles. The van der Waals surface area contributed by atoms with Crippen LogP contribution in [0.4, 0.5) is 4.39 Å². The van der Waals surface area contributed by atoms with Gasteiger partial charge in [0.15, 0.2) is 0 Å². The Labute approximate surface area is 220 Å². The first-order chi connectivity index (χ1) is 17.5. The quantitative estimate of drug-likeness (QED) is 0.247. The molecule has 7 heteroatoms. The molecule has 1 saturated carbocycles. The van der Waals surface area contributed by atoms with Gasteiger partial charge in [-0.3, -0.25) is 9.69 Å². The minimum atomic E-state index is -0.252. The van der Waals surface area contributed by atoms with Crippen LogP contribution in [0.5, 0.6) is 0 Å². The van der Waals surface area contributed by atoms with Crippen LogP contribution in [0.15, 0.2) is 72.9 Å². The second kappa shape index (κ2) is 11.0. The van der Waals surface area contributed by atoms with E-state index >= 15 is 0 Å². The number of hydrogen-bond donors (Lipinski definition) is 1. The highest BCUT2D eigenvalue weighted by molar-refractivity contribution is 6.42. The van der Waals surface area contributed by atoms with Crippen molar-refractivity contribution < 1.29 is 9.18 Å². The van der Waals surface area contributed by atoms with Gasteiger partial charge in [-0.05, 0) is 66.3 Å². The number of H-pyrrole nitrogens is 1. The van der Waals surface area contributed by atoms with E-state index in [9.17, 15) is 9.18 Å². The van der Waals surface area contributed by atoms with Crippen molar-refractivity contribution in [2.75, 3.05) is 13.1 Å². The molecular formula is C29H28Cl2FN3O. The summed E-state index contributed by atoms with van der Waals surface area (Å²) < 4.78 is 13.4. The molecule has 0 bridgehead atoms. The number of nitrogens with zero attached hydrogens (tertiary/aromatic N) is 2. The van der Waals surface area contributed by atoms with Crippen molar-refractivity contribution in [1.29, 1.82) is 0 Å². The molecule has 3 aromatic carbocycles. The highest BCUT2D eigenvalue weighted by atomic mass is 35.5. The Kier molecular flexibility index (Phi) is 7.61. The number of benzene rings is 3. The van der Waals surface area contributed by atoms with Gasteiger partial charge in [0.1, 0.15) is 5.82 Å². The van der Waals surface area contributed by atoms with Crippen molar-refractivity contribution in [3.05, 3.63) is 105 Å². The Morgan fingerprint density at radius 2 is 1.69 bits per heavy atom. The summed E-state index contributed by atoms with van der Waals surface area (Å²) in [4.78, 5) is 21.1. The molecule has 5 rings (SSSR count). The number of hydrogen-bond acceptors (Lipinski definition) is 2. The van der Waals surface area contributed by atoms with Crippen LogP contribution in [0.3, 0.4) is 0 Å². The van der Waals surface area contributed by atoms with Crippen molar-refractivity contribution >= 4 is 40.0 Å². The number of carbonyl (C=O) groups is 1. The Morgan fingerprint density at radius 1 is 0.944 bits per heavy atom. The molecule has 0 spiro atoms. The van der Waals surface area contributed by atoms with Gasteiger partial charge in [0, 0.05) is 42.8 Å². The zero-order valence-electron chi connectivity index (χ0n) is 19.9. The third-order valence-electron chi connectivity index (χ3n) is 6.74. The number of halogens is 3. The summed E-state index contributed by atoms with van der Waals surface area (Å²) in [5.74, 6) is -0.187. The van der Waals surface area contributed by atoms with Gasteiger partial charge < -0.3 is 9.88 Å². The van der Waals surface area contributed by atoms with Crippen LogP contribution in [0.2, 0.25) is 10.0 Å². The normalized spacial score (nSPS) is 13.4. The van der Waals surface area contributed by atoms with E-state index < -0.39 is 0 Å². The predicted octanol–water partition coefficient (Wildman–Crippen LogP) is 6.85. The molecule has 0 saturated heterocycles. The van der Waals surface area contributed by atoms with Gasteiger partial charge in [-0.15, -0.1) is 0 Å². The average Bonchev–Trinajstić information content (AvgIpc) is 3.65. The largest absolute Gasteiger partial charge is 0.361 e. The van der Waals surface area contributed by atoms with Crippen LogP contribution < -0.4 is 0 Å². The fourth-order valence-corrected chi connectivity index (χ4v) is 4.92. The van der Waals surface area contributed by atoms with E-state index in [1.54, 1.807) is 18.2 Å². The van der Waals surface area contributed by atoms with Crippen LogP contribution in [0, 0.1) is 5.82 Å². The minimum absolute atomic E-state index is 0.0647. The maximum atomic E-state index is 13.7. The third-order valence-corrected chi connectivity index (χ3v) is 7.48. The summed E-state index contributed by atoms with van der Waals surface area (Å²) >= 11 is 12.4. The van der Waals surface area contributed by atoms with Crippen LogP contribution in [0.25, 0.3) is 10.9 Å². The second-order valence-corrected chi connectivity index (χ2v) is 10.3. The van der Waals surface area contributed by atoms with E-state index in [1.165, 1.54) is 23.1 Å². The molecule has 1 aromatic heterocycles. The second-order valence-electron chi connectivity index (χ2n) is 9.44. The van der Waals surface area contributed by atoms with Gasteiger partial charge in [0.25, 0.3) is 0 Å². The van der Waals surface area contributed by atoms with Gasteiger partial charge in [0.2, 0.25) is 5.91 Å². The zero-order chi connectivity index (χ0) is 25.1. The lowest BCUT2D eigenvalue weighted by atomic mass is 10.1. The summed E-state index contributed by atoms with van der Waals surface area (Å²) in [5, 5.41) is 2.15. The Balaban J connectivity index is 1.33. The van der Waals surface area contributed by atoms with Crippen LogP contribution in [-0.4, -0.2) is 39.8 Å². The van der Waals surface area contributed by atoms with Crippen LogP contribution in [0.1, 0.15) is 29.5 Å². The first kappa shape index (κ1) is 24.8. The van der Waals surface area contributed by atoms with Crippen molar-refractivity contribution in [3.8, 4) is 0 Å². The summed E-state index contributed by atoms with van der Waals surface area (Å²) in [6.07, 6.45) is 4.92. The molecule has 36 heavy (non-hydrogen) atoms. The molecular weight excluding hydrogens is 496 g/mol. The smallest absolute Gasteiger partial charge is 0.237 e. The number of rotatable bonds is 10. The first-order valence-electron chi connectivity index (χ1n) is 12.2. The highest BCUT2D eigenvalue weighted by Gasteiger charge is 2.31. The maximum Gasteiger partial charge on any atom is 0.237 e. The topological polar surface area (TPSA) is 39.3 Å². The molecule has 1 aliphatic rings. The zero-order valence-corrected chi connectivity index (χ0v) is 21.4. The molecule has 0 aliphatic heterocycles. The number of aromatic amines is 1. The molecule has 0 unspecified atom stereocenters. The number of amides is 1. The summed E-state index contributed by atoms with van der Waals surface area (Å²) in [6, 6.07) is 20.6. The SMILES string of the molecule is O=C(CN(Cc1ccc(F)cc1)C1CC1)N(CCc1c[nH]c2ccccc12)Cc1ccc(Cl)c(Cl)c1. The van der Waals surface area contributed by atoms with Crippen LogP contribution in [-0.2, 0) is 24.3 Å². The van der Waals surface area contributed by atoms with E-state index in [0.717, 1.165) is 35.9 Å². The average molecular weight is 524 g/mol. The first-order valence-corrected chi connectivity index (χ1v) is 13.0. The number of carbonyl (C=O) groups excluding carboxylic acids is 1. The maximum absolute atomic E-state index is 13.7. The standard InChI is InChI=1S/C29H28Cl2FN3O/c30-26-12-7-21(15-27(26)31)18-34(14-13-22-16-33-28-4-2-1-3-25(22)28)29(36)19-35(24-10-11-24)17-20-5-8-23(32)9-6-20/h1-9,12,15-16,24,33H,10-11,13-14,17-19H2.